The lowest BCUT2D eigenvalue weighted by Gasteiger charge is -2.49. The van der Waals surface area contributed by atoms with Gasteiger partial charge in [0.2, 0.25) is 6.79 Å². The van der Waals surface area contributed by atoms with Gasteiger partial charge in [-0.2, -0.15) is 0 Å². The van der Waals surface area contributed by atoms with Gasteiger partial charge >= 0.3 is 6.09 Å². The number of hydrogen-bond acceptors (Lipinski definition) is 7. The van der Waals surface area contributed by atoms with Gasteiger partial charge in [0, 0.05) is 32.4 Å². The van der Waals surface area contributed by atoms with E-state index >= 15 is 0 Å². The van der Waals surface area contributed by atoms with Crippen LogP contribution in [0.15, 0.2) is 18.2 Å². The summed E-state index contributed by atoms with van der Waals surface area (Å²) < 4.78 is 35.4. The highest BCUT2D eigenvalue weighted by Gasteiger charge is 2.53. The normalized spacial score (nSPS) is 31.6. The summed E-state index contributed by atoms with van der Waals surface area (Å²) in [5.41, 5.74) is 0.943. The first-order valence-electron chi connectivity index (χ1n) is 10.9. The summed E-state index contributed by atoms with van der Waals surface area (Å²) in [7, 11) is 1.60. The van der Waals surface area contributed by atoms with Gasteiger partial charge in [-0.25, -0.2) is 4.79 Å². The van der Waals surface area contributed by atoms with Crippen molar-refractivity contribution in [3.63, 3.8) is 0 Å². The van der Waals surface area contributed by atoms with Crippen LogP contribution in [0, 0.1) is 0 Å². The number of benzene rings is 1. The fraction of sp³-hybridized carbons (Fsp3) is 0.682. The second kappa shape index (κ2) is 8.46. The third-order valence-corrected chi connectivity index (χ3v) is 6.69. The molecule has 1 amide bonds. The zero-order chi connectivity index (χ0) is 21.4. The predicted octanol–water partition coefficient (Wildman–Crippen LogP) is 2.93. The first-order chi connectivity index (χ1) is 15.0. The van der Waals surface area contributed by atoms with Gasteiger partial charge < -0.3 is 38.4 Å². The second-order valence-electron chi connectivity index (χ2n) is 8.59. The van der Waals surface area contributed by atoms with E-state index in [1.165, 1.54) is 4.90 Å². The number of ether oxygens (including phenoxy) is 6. The summed E-state index contributed by atoms with van der Waals surface area (Å²) in [6.45, 7) is 1.86. The molecule has 1 aliphatic carbocycles. The lowest BCUT2D eigenvalue weighted by molar-refractivity contribution is -0.256. The monoisotopic (exact) mass is 435 g/mol. The van der Waals surface area contributed by atoms with Crippen LogP contribution in [0.5, 0.6) is 11.5 Å². The number of hydrogen-bond donors (Lipinski definition) is 1. The summed E-state index contributed by atoms with van der Waals surface area (Å²) in [4.78, 5) is 13.4. The Kier molecular flexibility index (Phi) is 5.68. The van der Waals surface area contributed by atoms with Crippen molar-refractivity contribution in [3.8, 4) is 11.5 Å². The molecule has 0 aromatic heterocycles. The quantitative estimate of drug-likeness (QED) is 0.771. The van der Waals surface area contributed by atoms with Crippen molar-refractivity contribution >= 4 is 6.09 Å². The molecule has 1 aromatic carbocycles. The predicted molar refractivity (Wildman–Crippen MR) is 107 cm³/mol. The number of nitrogens with zero attached hydrogens (tertiary/aromatic N) is 1. The van der Waals surface area contributed by atoms with Crippen LogP contribution in [0.25, 0.3) is 0 Å². The van der Waals surface area contributed by atoms with Crippen molar-refractivity contribution in [3.05, 3.63) is 23.8 Å². The van der Waals surface area contributed by atoms with E-state index in [0.29, 0.717) is 44.2 Å². The molecule has 9 heteroatoms. The standard InChI is InChI=1S/C22H29NO8/c1-23(21(24)25)20-15(14-5-6-16-17(10-14)28-13-27-16)11-22(29-8-9-30-22)12-18(20)31-19-4-2-3-7-26-19/h5-6,10,15,18-20H,2-4,7-9,11-13H2,1H3,(H,24,25). The van der Waals surface area contributed by atoms with Crippen LogP contribution in [0.4, 0.5) is 4.79 Å². The lowest BCUT2D eigenvalue weighted by atomic mass is 9.74. The smallest absolute Gasteiger partial charge is 0.407 e. The maximum absolute atomic E-state index is 12.0. The van der Waals surface area contributed by atoms with Crippen LogP contribution >= 0.6 is 0 Å². The highest BCUT2D eigenvalue weighted by atomic mass is 16.7. The fourth-order valence-electron chi connectivity index (χ4n) is 5.21. The molecular formula is C22H29NO8. The van der Waals surface area contributed by atoms with E-state index in [-0.39, 0.29) is 19.0 Å². The van der Waals surface area contributed by atoms with Gasteiger partial charge in [0.15, 0.2) is 23.6 Å². The van der Waals surface area contributed by atoms with E-state index in [9.17, 15) is 9.90 Å². The minimum Gasteiger partial charge on any atom is -0.465 e. The van der Waals surface area contributed by atoms with Gasteiger partial charge in [0.05, 0.1) is 25.4 Å². The number of carboxylic acid groups (broad SMARTS) is 1. The van der Waals surface area contributed by atoms with Crippen molar-refractivity contribution in [1.29, 1.82) is 0 Å². The highest BCUT2D eigenvalue weighted by molar-refractivity contribution is 5.65. The summed E-state index contributed by atoms with van der Waals surface area (Å²) >= 11 is 0. The fourth-order valence-corrected chi connectivity index (χ4v) is 5.21. The zero-order valence-electron chi connectivity index (χ0n) is 17.7. The number of rotatable bonds is 4. The van der Waals surface area contributed by atoms with Crippen LogP contribution in [0.2, 0.25) is 0 Å². The van der Waals surface area contributed by atoms with E-state index in [2.05, 4.69) is 0 Å². The van der Waals surface area contributed by atoms with Gasteiger partial charge in [0.25, 0.3) is 0 Å². The Labute approximate surface area is 181 Å². The molecule has 3 heterocycles. The molecule has 3 aliphatic heterocycles. The molecule has 1 saturated carbocycles. The van der Waals surface area contributed by atoms with Crippen LogP contribution < -0.4 is 9.47 Å². The minimum absolute atomic E-state index is 0.183. The molecular weight excluding hydrogens is 406 g/mol. The van der Waals surface area contributed by atoms with Gasteiger partial charge in [-0.05, 0) is 37.0 Å². The SMILES string of the molecule is CN(C(=O)O)C1C(OC2CCCCO2)CC2(CC1c1ccc3c(c1)OCO3)OCCO2. The third kappa shape index (κ3) is 4.07. The number of amides is 1. The molecule has 3 fully saturated rings. The Morgan fingerprint density at radius 3 is 2.68 bits per heavy atom. The van der Waals surface area contributed by atoms with Crippen molar-refractivity contribution in [1.82, 2.24) is 4.90 Å². The Balaban J connectivity index is 1.50. The molecule has 9 nitrogen and oxygen atoms in total. The van der Waals surface area contributed by atoms with Crippen molar-refractivity contribution in [2.45, 2.75) is 62.2 Å². The summed E-state index contributed by atoms with van der Waals surface area (Å²) in [6.07, 6.45) is 2.03. The van der Waals surface area contributed by atoms with E-state index < -0.39 is 24.0 Å². The molecule has 5 rings (SSSR count). The first-order valence-corrected chi connectivity index (χ1v) is 10.9. The maximum atomic E-state index is 12.0. The Bertz CT molecular complexity index is 805. The van der Waals surface area contributed by atoms with Crippen LogP contribution in [0.1, 0.15) is 43.6 Å². The first kappa shape index (κ1) is 20.8. The van der Waals surface area contributed by atoms with Gasteiger partial charge in [-0.3, -0.25) is 0 Å². The molecule has 0 bridgehead atoms. The van der Waals surface area contributed by atoms with E-state index in [1.54, 1.807) is 7.05 Å². The Morgan fingerprint density at radius 1 is 1.13 bits per heavy atom. The molecule has 0 radical (unpaired) electrons. The summed E-state index contributed by atoms with van der Waals surface area (Å²) in [6, 6.07) is 5.33. The van der Waals surface area contributed by atoms with Crippen molar-refractivity contribution in [2.24, 2.45) is 0 Å². The molecule has 1 aromatic rings. The van der Waals surface area contributed by atoms with E-state index in [0.717, 1.165) is 24.8 Å². The molecule has 170 valence electrons. The Morgan fingerprint density at radius 2 is 1.94 bits per heavy atom. The van der Waals surface area contributed by atoms with Crippen LogP contribution in [-0.4, -0.2) is 74.0 Å². The molecule has 4 atom stereocenters. The molecule has 4 aliphatic rings. The molecule has 4 unspecified atom stereocenters. The molecule has 2 saturated heterocycles. The minimum atomic E-state index is -1.00. The number of carbonyl (C=O) groups is 1. The largest absolute Gasteiger partial charge is 0.465 e. The molecule has 31 heavy (non-hydrogen) atoms. The Hall–Kier alpha value is -2.07. The number of likely N-dealkylation sites (N-methyl/N-ethyl adjacent to an activating group) is 1. The highest BCUT2D eigenvalue weighted by Crippen LogP contribution is 2.48. The third-order valence-electron chi connectivity index (χ3n) is 6.69. The average Bonchev–Trinajstić information content (AvgIpc) is 3.42. The second-order valence-corrected chi connectivity index (χ2v) is 8.59. The topological polar surface area (TPSA) is 95.9 Å². The van der Waals surface area contributed by atoms with E-state index in [1.807, 2.05) is 18.2 Å². The average molecular weight is 435 g/mol. The maximum Gasteiger partial charge on any atom is 0.407 e. The van der Waals surface area contributed by atoms with Crippen molar-refractivity contribution in [2.75, 3.05) is 33.7 Å². The van der Waals surface area contributed by atoms with Crippen molar-refractivity contribution < 1.29 is 38.3 Å². The summed E-state index contributed by atoms with van der Waals surface area (Å²) in [5.74, 6) is 0.344. The molecule has 1 spiro atoms. The van der Waals surface area contributed by atoms with Crippen LogP contribution in [0.3, 0.4) is 0 Å². The van der Waals surface area contributed by atoms with Gasteiger partial charge in [-0.1, -0.05) is 6.07 Å². The number of fused-ring (bicyclic) bond motifs is 1. The molecule has 1 N–H and O–H groups in total. The van der Waals surface area contributed by atoms with Crippen LogP contribution in [-0.2, 0) is 18.9 Å². The zero-order valence-corrected chi connectivity index (χ0v) is 17.7. The lowest BCUT2D eigenvalue weighted by Crippen LogP contribution is -2.58. The van der Waals surface area contributed by atoms with E-state index in [4.69, 9.17) is 28.4 Å². The van der Waals surface area contributed by atoms with Gasteiger partial charge in [-0.15, -0.1) is 0 Å². The van der Waals surface area contributed by atoms with Gasteiger partial charge in [0.1, 0.15) is 0 Å². The summed E-state index contributed by atoms with van der Waals surface area (Å²) in [5, 5.41) is 9.87.